The molecular weight excluding hydrogens is 248 g/mol. The van der Waals surface area contributed by atoms with E-state index in [-0.39, 0.29) is 0 Å². The Morgan fingerprint density at radius 3 is 2.06 bits per heavy atom. The zero-order chi connectivity index (χ0) is 13.4. The number of hydrogen-bond donors (Lipinski definition) is 0. The van der Waals surface area contributed by atoms with E-state index in [1.165, 1.54) is 44.9 Å². The molecule has 0 aromatic carbocycles. The minimum Gasteiger partial charge on any atom is -0.270 e. The zero-order valence-electron chi connectivity index (χ0n) is 11.9. The van der Waals surface area contributed by atoms with E-state index in [0.29, 0.717) is 6.61 Å². The summed E-state index contributed by atoms with van der Waals surface area (Å²) in [5, 5.41) is 0. The van der Waals surface area contributed by atoms with Crippen LogP contribution in [0.2, 0.25) is 0 Å². The molecule has 0 amide bonds. The van der Waals surface area contributed by atoms with Crippen molar-refractivity contribution in [1.29, 1.82) is 0 Å². The predicted molar refractivity (Wildman–Crippen MR) is 75.0 cm³/mol. The van der Waals surface area contributed by atoms with Crippen molar-refractivity contribution in [3.05, 3.63) is 0 Å². The van der Waals surface area contributed by atoms with Gasteiger partial charge in [0.1, 0.15) is 0 Å². The lowest BCUT2D eigenvalue weighted by Crippen LogP contribution is -2.14. The van der Waals surface area contributed by atoms with Crippen molar-refractivity contribution in [2.24, 2.45) is 11.8 Å². The second-order valence-corrected chi connectivity index (χ2v) is 7.34. The third-order valence-corrected chi connectivity index (χ3v) is 4.56. The van der Waals surface area contributed by atoms with Gasteiger partial charge in [0.2, 0.25) is 0 Å². The molecule has 0 spiro atoms. The first-order valence-corrected chi connectivity index (χ1v) is 9.17. The highest BCUT2D eigenvalue weighted by atomic mass is 32.2. The van der Waals surface area contributed by atoms with Gasteiger partial charge in [0.05, 0.1) is 12.9 Å². The van der Waals surface area contributed by atoms with Crippen LogP contribution in [0.15, 0.2) is 0 Å². The molecule has 0 aliphatic heterocycles. The van der Waals surface area contributed by atoms with Crippen molar-refractivity contribution < 1.29 is 12.6 Å². The van der Waals surface area contributed by atoms with Gasteiger partial charge in [-0.1, -0.05) is 58.3 Å². The first-order valence-electron chi connectivity index (χ1n) is 7.35. The molecule has 1 rings (SSSR count). The van der Waals surface area contributed by atoms with Crippen molar-refractivity contribution in [1.82, 2.24) is 0 Å². The van der Waals surface area contributed by atoms with Gasteiger partial charge in [0, 0.05) is 0 Å². The van der Waals surface area contributed by atoms with Crippen LogP contribution >= 0.6 is 0 Å². The molecule has 18 heavy (non-hydrogen) atoms. The zero-order valence-corrected chi connectivity index (χ0v) is 12.7. The molecule has 0 heterocycles. The molecule has 1 saturated carbocycles. The lowest BCUT2D eigenvalue weighted by Gasteiger charge is -2.28. The second-order valence-electron chi connectivity index (χ2n) is 5.70. The molecule has 1 fully saturated rings. The number of unbranched alkanes of at least 4 members (excludes halogenated alkanes) is 1. The van der Waals surface area contributed by atoms with E-state index in [2.05, 4.69) is 6.92 Å². The van der Waals surface area contributed by atoms with Crippen molar-refractivity contribution in [3.63, 3.8) is 0 Å². The van der Waals surface area contributed by atoms with Gasteiger partial charge in [-0.25, -0.2) is 0 Å². The summed E-state index contributed by atoms with van der Waals surface area (Å²) in [4.78, 5) is 0. The highest BCUT2D eigenvalue weighted by Gasteiger charge is 2.19. The summed E-state index contributed by atoms with van der Waals surface area (Å²) in [6.45, 7) is 2.62. The van der Waals surface area contributed by atoms with Crippen LogP contribution in [-0.2, 0) is 14.3 Å². The third kappa shape index (κ3) is 7.37. The molecule has 0 N–H and O–H groups in total. The molecule has 0 atom stereocenters. The van der Waals surface area contributed by atoms with Crippen LogP contribution in [0.1, 0.15) is 64.7 Å². The first kappa shape index (κ1) is 16.0. The van der Waals surface area contributed by atoms with E-state index in [4.69, 9.17) is 4.18 Å². The third-order valence-electron chi connectivity index (χ3n) is 3.97. The molecule has 0 radical (unpaired) electrons. The predicted octanol–water partition coefficient (Wildman–Crippen LogP) is 3.74. The lowest BCUT2D eigenvalue weighted by molar-refractivity contribution is 0.241. The van der Waals surface area contributed by atoms with Crippen LogP contribution in [0.5, 0.6) is 0 Å². The summed E-state index contributed by atoms with van der Waals surface area (Å²) in [6.07, 6.45) is 12.6. The Morgan fingerprint density at radius 2 is 1.56 bits per heavy atom. The van der Waals surface area contributed by atoms with E-state index >= 15 is 0 Å². The molecule has 1 aliphatic carbocycles. The van der Waals surface area contributed by atoms with E-state index in [0.717, 1.165) is 30.9 Å². The summed E-state index contributed by atoms with van der Waals surface area (Å²) in [7, 11) is -3.24. The Bertz CT molecular complexity index is 303. The highest BCUT2D eigenvalue weighted by molar-refractivity contribution is 7.85. The van der Waals surface area contributed by atoms with Gasteiger partial charge in [-0.3, -0.25) is 4.18 Å². The topological polar surface area (TPSA) is 43.4 Å². The molecule has 0 saturated heterocycles. The van der Waals surface area contributed by atoms with Crippen LogP contribution < -0.4 is 0 Å². The van der Waals surface area contributed by atoms with Gasteiger partial charge >= 0.3 is 0 Å². The largest absolute Gasteiger partial charge is 0.270 e. The van der Waals surface area contributed by atoms with Gasteiger partial charge in [-0.05, 0) is 18.3 Å². The van der Waals surface area contributed by atoms with E-state index in [1.54, 1.807) is 0 Å². The van der Waals surface area contributed by atoms with Crippen molar-refractivity contribution >= 4 is 10.1 Å². The highest BCUT2D eigenvalue weighted by Crippen LogP contribution is 2.33. The minimum absolute atomic E-state index is 0.351. The molecule has 3 nitrogen and oxygen atoms in total. The van der Waals surface area contributed by atoms with Crippen LogP contribution in [0.4, 0.5) is 0 Å². The molecule has 4 heteroatoms. The Morgan fingerprint density at radius 1 is 1.00 bits per heavy atom. The van der Waals surface area contributed by atoms with E-state index < -0.39 is 10.1 Å². The lowest BCUT2D eigenvalue weighted by atomic mass is 9.78. The fourth-order valence-corrected chi connectivity index (χ4v) is 3.38. The number of rotatable bonds is 8. The van der Waals surface area contributed by atoms with Crippen LogP contribution in [0.25, 0.3) is 0 Å². The fraction of sp³-hybridized carbons (Fsp3) is 1.00. The van der Waals surface area contributed by atoms with Crippen LogP contribution in [-0.4, -0.2) is 21.3 Å². The average molecular weight is 276 g/mol. The molecule has 0 unspecified atom stereocenters. The normalized spacial score (nSPS) is 25.2. The molecule has 1 aliphatic rings. The van der Waals surface area contributed by atoms with Gasteiger partial charge in [-0.15, -0.1) is 0 Å². The monoisotopic (exact) mass is 276 g/mol. The SMILES string of the molecule is CCCC1CCC(CCCCOS(C)(=O)=O)CC1. The van der Waals surface area contributed by atoms with Crippen molar-refractivity contribution in [2.75, 3.05) is 12.9 Å². The molecule has 108 valence electrons. The maximum absolute atomic E-state index is 10.8. The number of hydrogen-bond acceptors (Lipinski definition) is 3. The minimum atomic E-state index is -3.24. The Labute approximate surface area is 112 Å². The maximum atomic E-state index is 10.8. The summed E-state index contributed by atoms with van der Waals surface area (Å²) in [5.41, 5.74) is 0. The van der Waals surface area contributed by atoms with E-state index in [9.17, 15) is 8.42 Å². The van der Waals surface area contributed by atoms with Crippen molar-refractivity contribution in [2.45, 2.75) is 64.7 Å². The van der Waals surface area contributed by atoms with Crippen molar-refractivity contribution in [3.8, 4) is 0 Å². The smallest absolute Gasteiger partial charge is 0.264 e. The Kier molecular flexibility index (Phi) is 7.23. The standard InChI is InChI=1S/C14H28O3S/c1-3-6-13-8-10-14(11-9-13)7-4-5-12-17-18(2,15)16/h13-14H,3-12H2,1-2H3. The molecular formula is C14H28O3S. The van der Waals surface area contributed by atoms with Gasteiger partial charge in [0.15, 0.2) is 0 Å². The van der Waals surface area contributed by atoms with Crippen LogP contribution in [0, 0.1) is 11.8 Å². The summed E-state index contributed by atoms with van der Waals surface area (Å²) >= 11 is 0. The Hall–Kier alpha value is -0.0900. The first-order chi connectivity index (χ1) is 8.51. The summed E-state index contributed by atoms with van der Waals surface area (Å²) in [6, 6.07) is 0. The van der Waals surface area contributed by atoms with Gasteiger partial charge in [-0.2, -0.15) is 8.42 Å². The van der Waals surface area contributed by atoms with Gasteiger partial charge in [0.25, 0.3) is 10.1 Å². The van der Waals surface area contributed by atoms with Crippen LogP contribution in [0.3, 0.4) is 0 Å². The molecule has 0 bridgehead atoms. The Balaban J connectivity index is 2.01. The maximum Gasteiger partial charge on any atom is 0.264 e. The summed E-state index contributed by atoms with van der Waals surface area (Å²) < 4.78 is 26.3. The fourth-order valence-electron chi connectivity index (χ4n) is 2.96. The average Bonchev–Trinajstić information content (AvgIpc) is 2.30. The molecule has 0 aromatic heterocycles. The summed E-state index contributed by atoms with van der Waals surface area (Å²) in [5.74, 6) is 1.84. The quantitative estimate of drug-likeness (QED) is 0.501. The van der Waals surface area contributed by atoms with E-state index in [1.807, 2.05) is 0 Å². The van der Waals surface area contributed by atoms with Gasteiger partial charge < -0.3 is 0 Å². The molecule has 0 aromatic rings. The second kappa shape index (κ2) is 8.16.